The monoisotopic (exact) mass is 335 g/mol. The number of aromatic nitrogens is 3. The van der Waals surface area contributed by atoms with Crippen molar-refractivity contribution in [3.05, 3.63) is 30.1 Å². The normalized spacial score (nSPS) is 14.3. The van der Waals surface area contributed by atoms with Gasteiger partial charge in [0.2, 0.25) is 0 Å². The van der Waals surface area contributed by atoms with E-state index in [4.69, 9.17) is 4.74 Å². The van der Waals surface area contributed by atoms with Gasteiger partial charge in [-0.1, -0.05) is 23.9 Å². The molecule has 5 nitrogen and oxygen atoms in total. The first-order valence-corrected chi connectivity index (χ1v) is 8.57. The van der Waals surface area contributed by atoms with E-state index < -0.39 is 0 Å². The first-order chi connectivity index (χ1) is 11.1. The van der Waals surface area contributed by atoms with E-state index in [1.807, 2.05) is 18.4 Å². The fourth-order valence-corrected chi connectivity index (χ4v) is 3.07. The highest BCUT2D eigenvalue weighted by atomic mass is 32.2. The molecule has 0 bridgehead atoms. The molecule has 1 aromatic carbocycles. The zero-order chi connectivity index (χ0) is 16.4. The molecule has 0 amide bonds. The van der Waals surface area contributed by atoms with Crippen LogP contribution >= 0.6 is 11.8 Å². The van der Waals surface area contributed by atoms with E-state index in [0.717, 1.165) is 12.8 Å². The number of carbonyl (C=O) groups is 1. The van der Waals surface area contributed by atoms with Crippen molar-refractivity contribution in [2.45, 2.75) is 44.0 Å². The topological polar surface area (TPSA) is 57.0 Å². The molecular weight excluding hydrogens is 317 g/mol. The lowest BCUT2D eigenvalue weighted by molar-refractivity contribution is -0.144. The Morgan fingerprint density at radius 3 is 2.78 bits per heavy atom. The van der Waals surface area contributed by atoms with Crippen LogP contribution in [0.5, 0.6) is 0 Å². The van der Waals surface area contributed by atoms with Gasteiger partial charge in [0.05, 0.1) is 17.4 Å². The van der Waals surface area contributed by atoms with Gasteiger partial charge in [0.15, 0.2) is 11.0 Å². The summed E-state index contributed by atoms with van der Waals surface area (Å²) < 4.78 is 21.1. The lowest BCUT2D eigenvalue weighted by atomic mass is 10.2. The van der Waals surface area contributed by atoms with E-state index in [2.05, 4.69) is 10.2 Å². The maximum absolute atomic E-state index is 14.0. The minimum atomic E-state index is -0.322. The molecule has 1 saturated carbocycles. The number of carbonyl (C=O) groups excluding carboxylic acids is 1. The van der Waals surface area contributed by atoms with Crippen LogP contribution in [0.4, 0.5) is 4.39 Å². The second-order valence-electron chi connectivity index (χ2n) is 5.71. The minimum absolute atomic E-state index is 0.140. The fraction of sp³-hybridized carbons (Fsp3) is 0.438. The molecule has 1 fully saturated rings. The molecule has 0 N–H and O–H groups in total. The van der Waals surface area contributed by atoms with Crippen LogP contribution in [0.1, 0.15) is 32.7 Å². The van der Waals surface area contributed by atoms with E-state index in [-0.39, 0.29) is 29.7 Å². The maximum atomic E-state index is 14.0. The summed E-state index contributed by atoms with van der Waals surface area (Å²) in [6.45, 7) is 3.62. The van der Waals surface area contributed by atoms with Crippen LogP contribution in [0.15, 0.2) is 29.4 Å². The summed E-state index contributed by atoms with van der Waals surface area (Å²) in [6, 6.07) is 6.81. The van der Waals surface area contributed by atoms with Crippen LogP contribution in [-0.2, 0) is 9.53 Å². The minimum Gasteiger partial charge on any atom is -0.462 e. The van der Waals surface area contributed by atoms with E-state index >= 15 is 0 Å². The standard InChI is InChI=1S/C16H18FN3O2S/c1-10(2)22-14(21)9-23-16-19-18-15(20(16)11-7-8-11)12-5-3-4-6-13(12)17/h3-6,10-11H,7-9H2,1-2H3. The quantitative estimate of drug-likeness (QED) is 0.598. The number of rotatable bonds is 6. The third-order valence-electron chi connectivity index (χ3n) is 3.38. The molecule has 1 aromatic heterocycles. The van der Waals surface area contributed by atoms with Crippen LogP contribution in [0, 0.1) is 5.82 Å². The highest BCUT2D eigenvalue weighted by molar-refractivity contribution is 7.99. The Kier molecular flexibility index (Phi) is 4.66. The zero-order valence-corrected chi connectivity index (χ0v) is 13.8. The molecule has 122 valence electrons. The molecule has 1 heterocycles. The Bertz CT molecular complexity index is 713. The van der Waals surface area contributed by atoms with Crippen LogP contribution in [-0.4, -0.2) is 32.6 Å². The summed E-state index contributed by atoms with van der Waals surface area (Å²) in [7, 11) is 0. The van der Waals surface area contributed by atoms with Gasteiger partial charge in [-0.05, 0) is 38.8 Å². The Morgan fingerprint density at radius 1 is 1.39 bits per heavy atom. The second-order valence-corrected chi connectivity index (χ2v) is 6.66. The molecule has 0 unspecified atom stereocenters. The number of hydrogen-bond donors (Lipinski definition) is 0. The molecule has 0 spiro atoms. The van der Waals surface area contributed by atoms with Gasteiger partial charge < -0.3 is 4.74 Å². The van der Waals surface area contributed by atoms with Gasteiger partial charge >= 0.3 is 5.97 Å². The van der Waals surface area contributed by atoms with E-state index in [1.165, 1.54) is 17.8 Å². The molecule has 0 radical (unpaired) electrons. The fourth-order valence-electron chi connectivity index (χ4n) is 2.28. The summed E-state index contributed by atoms with van der Waals surface area (Å²) in [4.78, 5) is 11.7. The number of benzene rings is 1. The average Bonchev–Trinajstić information content (AvgIpc) is 3.25. The third kappa shape index (κ3) is 3.72. The molecule has 0 atom stereocenters. The molecular formula is C16H18FN3O2S. The molecule has 1 aliphatic rings. The second kappa shape index (κ2) is 6.70. The van der Waals surface area contributed by atoms with Gasteiger partial charge in [-0.15, -0.1) is 10.2 Å². The van der Waals surface area contributed by atoms with Crippen molar-refractivity contribution in [2.75, 3.05) is 5.75 Å². The summed E-state index contributed by atoms with van der Waals surface area (Å²) in [5, 5.41) is 8.93. The SMILES string of the molecule is CC(C)OC(=O)CSc1nnc(-c2ccccc2F)n1C1CC1. The van der Waals surface area contributed by atoms with Gasteiger partial charge in [-0.25, -0.2) is 4.39 Å². The zero-order valence-electron chi connectivity index (χ0n) is 13.0. The predicted octanol–water partition coefficient (Wildman–Crippen LogP) is 3.46. The summed E-state index contributed by atoms with van der Waals surface area (Å²) in [6.07, 6.45) is 1.89. The van der Waals surface area contributed by atoms with Crippen molar-refractivity contribution in [2.24, 2.45) is 0 Å². The summed E-state index contributed by atoms with van der Waals surface area (Å²) >= 11 is 1.28. The van der Waals surface area contributed by atoms with Crippen LogP contribution in [0.25, 0.3) is 11.4 Å². The van der Waals surface area contributed by atoms with Crippen LogP contribution in [0.3, 0.4) is 0 Å². The van der Waals surface area contributed by atoms with Crippen molar-refractivity contribution in [1.29, 1.82) is 0 Å². The third-order valence-corrected chi connectivity index (χ3v) is 4.29. The van der Waals surface area contributed by atoms with Gasteiger partial charge in [0, 0.05) is 6.04 Å². The van der Waals surface area contributed by atoms with Crippen LogP contribution in [0.2, 0.25) is 0 Å². The Hall–Kier alpha value is -1.89. The summed E-state index contributed by atoms with van der Waals surface area (Å²) in [5.41, 5.74) is 0.434. The number of nitrogens with zero attached hydrogens (tertiary/aromatic N) is 3. The Labute approximate surface area is 138 Å². The molecule has 23 heavy (non-hydrogen) atoms. The van der Waals surface area contributed by atoms with Gasteiger partial charge in [0.1, 0.15) is 5.82 Å². The average molecular weight is 335 g/mol. The number of esters is 1. The number of thioether (sulfide) groups is 1. The van der Waals surface area contributed by atoms with Crippen molar-refractivity contribution in [3.8, 4) is 11.4 Å². The molecule has 2 aromatic rings. The van der Waals surface area contributed by atoms with Crippen molar-refractivity contribution >= 4 is 17.7 Å². The largest absolute Gasteiger partial charge is 0.462 e. The predicted molar refractivity (Wildman–Crippen MR) is 85.6 cm³/mol. The number of ether oxygens (including phenoxy) is 1. The lowest BCUT2D eigenvalue weighted by Gasteiger charge is -2.10. The summed E-state index contributed by atoms with van der Waals surface area (Å²) in [5.74, 6) is 0.0750. The van der Waals surface area contributed by atoms with Gasteiger partial charge in [0.25, 0.3) is 0 Å². The first kappa shape index (κ1) is 16.0. The highest BCUT2D eigenvalue weighted by Crippen LogP contribution is 2.41. The molecule has 0 aliphatic heterocycles. The lowest BCUT2D eigenvalue weighted by Crippen LogP contribution is -2.13. The molecule has 3 rings (SSSR count). The molecule has 0 saturated heterocycles. The van der Waals surface area contributed by atoms with E-state index in [9.17, 15) is 9.18 Å². The first-order valence-electron chi connectivity index (χ1n) is 7.58. The van der Waals surface area contributed by atoms with Crippen molar-refractivity contribution in [3.63, 3.8) is 0 Å². The van der Waals surface area contributed by atoms with E-state index in [1.54, 1.807) is 18.2 Å². The van der Waals surface area contributed by atoms with Gasteiger partial charge in [-0.3, -0.25) is 9.36 Å². The highest BCUT2D eigenvalue weighted by Gasteiger charge is 2.31. The van der Waals surface area contributed by atoms with E-state index in [0.29, 0.717) is 16.5 Å². The van der Waals surface area contributed by atoms with Gasteiger partial charge in [-0.2, -0.15) is 0 Å². The molecule has 1 aliphatic carbocycles. The number of halogens is 1. The molecule has 7 heteroatoms. The smallest absolute Gasteiger partial charge is 0.316 e. The van der Waals surface area contributed by atoms with Crippen molar-refractivity contribution < 1.29 is 13.9 Å². The Morgan fingerprint density at radius 2 is 2.13 bits per heavy atom. The Balaban J connectivity index is 1.83. The van der Waals surface area contributed by atoms with Crippen molar-refractivity contribution in [1.82, 2.24) is 14.8 Å². The number of hydrogen-bond acceptors (Lipinski definition) is 5. The maximum Gasteiger partial charge on any atom is 0.316 e. The van der Waals surface area contributed by atoms with Crippen LogP contribution < -0.4 is 0 Å².